The Hall–Kier alpha value is -0.100. The molecule has 1 N–H and O–H groups in total. The Morgan fingerprint density at radius 1 is 1.44 bits per heavy atom. The summed E-state index contributed by atoms with van der Waals surface area (Å²) in [5.41, 5.74) is -0.454. The van der Waals surface area contributed by atoms with E-state index in [1.165, 1.54) is 6.07 Å². The Labute approximate surface area is 122 Å². The molecule has 0 aliphatic heterocycles. The van der Waals surface area contributed by atoms with Crippen molar-refractivity contribution in [3.8, 4) is 0 Å². The highest BCUT2D eigenvalue weighted by atomic mass is 79.9. The summed E-state index contributed by atoms with van der Waals surface area (Å²) in [5.74, 6) is 0. The van der Waals surface area contributed by atoms with Gasteiger partial charge in [-0.15, -0.1) is 0 Å². The van der Waals surface area contributed by atoms with Gasteiger partial charge in [-0.1, -0.05) is 40.5 Å². The van der Waals surface area contributed by atoms with E-state index in [1.54, 1.807) is 18.2 Å². The first-order valence-corrected chi connectivity index (χ1v) is 8.67. The lowest BCUT2D eigenvalue weighted by Gasteiger charge is -2.28. The molecule has 0 aliphatic carbocycles. The second kappa shape index (κ2) is 6.37. The summed E-state index contributed by atoms with van der Waals surface area (Å²) >= 11 is 9.16. The Morgan fingerprint density at radius 3 is 2.61 bits per heavy atom. The summed E-state index contributed by atoms with van der Waals surface area (Å²) in [6.45, 7) is 3.86. The predicted molar refractivity (Wildman–Crippen MR) is 78.9 cm³/mol. The van der Waals surface area contributed by atoms with Crippen molar-refractivity contribution >= 4 is 37.6 Å². The minimum Gasteiger partial charge on any atom is -0.207 e. The van der Waals surface area contributed by atoms with Gasteiger partial charge < -0.3 is 0 Å². The van der Waals surface area contributed by atoms with Crippen LogP contribution in [0.1, 0.15) is 26.7 Å². The number of rotatable bonds is 6. The molecule has 0 heterocycles. The van der Waals surface area contributed by atoms with Gasteiger partial charge in [0, 0.05) is 15.9 Å². The first kappa shape index (κ1) is 16.0. The summed E-state index contributed by atoms with van der Waals surface area (Å²) in [6.07, 6.45) is 1.45. The molecular weight excluding hydrogens is 338 g/mol. The van der Waals surface area contributed by atoms with E-state index in [2.05, 4.69) is 20.7 Å². The summed E-state index contributed by atoms with van der Waals surface area (Å²) in [5, 5.41) is 1.16. The predicted octanol–water partition coefficient (Wildman–Crippen LogP) is 3.57. The van der Waals surface area contributed by atoms with Crippen LogP contribution in [-0.2, 0) is 10.0 Å². The Balaban J connectivity index is 3.01. The SMILES string of the molecule is CCC(C)(CCBr)NS(=O)(=O)c1cccc(Cl)c1. The maximum absolute atomic E-state index is 12.2. The van der Waals surface area contributed by atoms with Crippen molar-refractivity contribution in [1.82, 2.24) is 4.72 Å². The van der Waals surface area contributed by atoms with Crippen LogP contribution in [-0.4, -0.2) is 19.3 Å². The lowest BCUT2D eigenvalue weighted by atomic mass is 9.98. The van der Waals surface area contributed by atoms with Crippen LogP contribution in [0.2, 0.25) is 5.02 Å². The van der Waals surface area contributed by atoms with E-state index < -0.39 is 15.6 Å². The molecule has 102 valence electrons. The van der Waals surface area contributed by atoms with Crippen molar-refractivity contribution < 1.29 is 8.42 Å². The molecule has 6 heteroatoms. The molecule has 1 rings (SSSR count). The van der Waals surface area contributed by atoms with E-state index in [-0.39, 0.29) is 4.90 Å². The van der Waals surface area contributed by atoms with Crippen LogP contribution in [0.25, 0.3) is 0 Å². The maximum atomic E-state index is 12.2. The van der Waals surface area contributed by atoms with Crippen LogP contribution in [0.4, 0.5) is 0 Å². The normalized spacial score (nSPS) is 15.3. The van der Waals surface area contributed by atoms with Gasteiger partial charge in [-0.2, -0.15) is 0 Å². The van der Waals surface area contributed by atoms with Gasteiger partial charge in [0.25, 0.3) is 0 Å². The average Bonchev–Trinajstić information content (AvgIpc) is 2.28. The van der Waals surface area contributed by atoms with Gasteiger partial charge in [0.05, 0.1) is 4.90 Å². The summed E-state index contributed by atoms with van der Waals surface area (Å²) < 4.78 is 27.2. The third-order valence-electron chi connectivity index (χ3n) is 2.91. The van der Waals surface area contributed by atoms with E-state index in [4.69, 9.17) is 11.6 Å². The number of hydrogen-bond acceptors (Lipinski definition) is 2. The van der Waals surface area contributed by atoms with Crippen LogP contribution < -0.4 is 4.72 Å². The standard InChI is InChI=1S/C12H17BrClNO2S/c1-3-12(2,7-8-13)15-18(16,17)11-6-4-5-10(14)9-11/h4-6,9,15H,3,7-8H2,1-2H3. The molecule has 0 spiro atoms. The highest BCUT2D eigenvalue weighted by Crippen LogP contribution is 2.21. The number of nitrogens with one attached hydrogen (secondary N) is 1. The van der Waals surface area contributed by atoms with Gasteiger partial charge in [0.15, 0.2) is 0 Å². The monoisotopic (exact) mass is 353 g/mol. The first-order valence-electron chi connectivity index (χ1n) is 5.68. The number of sulfonamides is 1. The van der Waals surface area contributed by atoms with Gasteiger partial charge in [-0.3, -0.25) is 0 Å². The molecule has 1 unspecified atom stereocenters. The third-order valence-corrected chi connectivity index (χ3v) is 5.18. The zero-order valence-electron chi connectivity index (χ0n) is 10.4. The van der Waals surface area contributed by atoms with Gasteiger partial charge >= 0.3 is 0 Å². The quantitative estimate of drug-likeness (QED) is 0.794. The van der Waals surface area contributed by atoms with Crippen molar-refractivity contribution in [2.45, 2.75) is 37.1 Å². The molecule has 0 bridgehead atoms. The molecule has 1 aromatic rings. The molecule has 0 radical (unpaired) electrons. The summed E-state index contributed by atoms with van der Waals surface area (Å²) in [4.78, 5) is 0.198. The van der Waals surface area contributed by atoms with E-state index >= 15 is 0 Å². The molecule has 0 aromatic heterocycles. The molecule has 0 fully saturated rings. The van der Waals surface area contributed by atoms with Crippen LogP contribution in [0, 0.1) is 0 Å². The lowest BCUT2D eigenvalue weighted by molar-refractivity contribution is 0.392. The van der Waals surface area contributed by atoms with Crippen LogP contribution in [0.3, 0.4) is 0 Å². The number of alkyl halides is 1. The molecule has 0 aliphatic rings. The lowest BCUT2D eigenvalue weighted by Crippen LogP contribution is -2.45. The first-order chi connectivity index (χ1) is 8.33. The Morgan fingerprint density at radius 2 is 2.11 bits per heavy atom. The molecule has 0 saturated carbocycles. The van der Waals surface area contributed by atoms with E-state index in [1.807, 2.05) is 13.8 Å². The maximum Gasteiger partial charge on any atom is 0.241 e. The molecule has 3 nitrogen and oxygen atoms in total. The van der Waals surface area contributed by atoms with Gasteiger partial charge in [0.1, 0.15) is 0 Å². The highest BCUT2D eigenvalue weighted by molar-refractivity contribution is 9.09. The van der Waals surface area contributed by atoms with Crippen molar-refractivity contribution in [1.29, 1.82) is 0 Å². The highest BCUT2D eigenvalue weighted by Gasteiger charge is 2.28. The smallest absolute Gasteiger partial charge is 0.207 e. The second-order valence-electron chi connectivity index (χ2n) is 4.42. The average molecular weight is 355 g/mol. The van der Waals surface area contributed by atoms with Crippen molar-refractivity contribution in [3.63, 3.8) is 0 Å². The van der Waals surface area contributed by atoms with E-state index in [9.17, 15) is 8.42 Å². The fraction of sp³-hybridized carbons (Fsp3) is 0.500. The number of halogens is 2. The minimum absolute atomic E-state index is 0.198. The molecule has 1 aromatic carbocycles. The molecule has 1 atom stereocenters. The molecular formula is C12H17BrClNO2S. The third kappa shape index (κ3) is 4.23. The molecule has 0 amide bonds. The van der Waals surface area contributed by atoms with Gasteiger partial charge in [-0.05, 0) is 38.0 Å². The van der Waals surface area contributed by atoms with Crippen molar-refractivity contribution in [2.24, 2.45) is 0 Å². The molecule has 0 saturated heterocycles. The Bertz CT molecular complexity index is 507. The largest absolute Gasteiger partial charge is 0.241 e. The topological polar surface area (TPSA) is 46.2 Å². The zero-order valence-corrected chi connectivity index (χ0v) is 13.6. The van der Waals surface area contributed by atoms with Gasteiger partial charge in [-0.25, -0.2) is 13.1 Å². The van der Waals surface area contributed by atoms with Crippen LogP contribution in [0.5, 0.6) is 0 Å². The molecule has 18 heavy (non-hydrogen) atoms. The van der Waals surface area contributed by atoms with Crippen LogP contribution in [0.15, 0.2) is 29.2 Å². The zero-order chi connectivity index (χ0) is 13.8. The fourth-order valence-corrected chi connectivity index (χ4v) is 4.21. The second-order valence-corrected chi connectivity index (χ2v) is 7.33. The summed E-state index contributed by atoms with van der Waals surface area (Å²) in [6, 6.07) is 6.27. The Kier molecular flexibility index (Phi) is 5.65. The summed E-state index contributed by atoms with van der Waals surface area (Å²) in [7, 11) is -3.53. The van der Waals surface area contributed by atoms with Crippen molar-refractivity contribution in [2.75, 3.05) is 5.33 Å². The fourth-order valence-electron chi connectivity index (χ4n) is 1.53. The van der Waals surface area contributed by atoms with Crippen molar-refractivity contribution in [3.05, 3.63) is 29.3 Å². The van der Waals surface area contributed by atoms with E-state index in [0.29, 0.717) is 5.02 Å². The van der Waals surface area contributed by atoms with E-state index in [0.717, 1.165) is 18.2 Å². The number of benzene rings is 1. The van der Waals surface area contributed by atoms with Gasteiger partial charge in [0.2, 0.25) is 10.0 Å². The number of hydrogen-bond donors (Lipinski definition) is 1. The minimum atomic E-state index is -3.53. The van der Waals surface area contributed by atoms with Crippen LogP contribution >= 0.6 is 27.5 Å².